The minimum Gasteiger partial charge on any atom is -0.160 e. The van der Waals surface area contributed by atoms with Gasteiger partial charge in [0, 0.05) is 4.90 Å². The molecule has 0 heterocycles. The predicted octanol–water partition coefficient (Wildman–Crippen LogP) is 5.45. The number of alkyl halides is 3. The van der Waals surface area contributed by atoms with Gasteiger partial charge in [-0.1, -0.05) is 39.8 Å². The summed E-state index contributed by atoms with van der Waals surface area (Å²) in [5.74, 6) is 0.347. The van der Waals surface area contributed by atoms with Gasteiger partial charge >= 0.3 is 5.51 Å². The maximum atomic E-state index is 12.0. The molecule has 0 unspecified atom stereocenters. The van der Waals surface area contributed by atoms with E-state index in [1.807, 2.05) is 27.7 Å². The average Bonchev–Trinajstić information content (AvgIpc) is 2.19. The van der Waals surface area contributed by atoms with Gasteiger partial charge < -0.3 is 0 Å². The first kappa shape index (κ1) is 15.4. The van der Waals surface area contributed by atoms with E-state index >= 15 is 0 Å². The normalized spacial score (nSPS) is 11.0. The molecule has 0 nitrogen and oxygen atoms in total. The van der Waals surface area contributed by atoms with E-state index in [1.54, 1.807) is 12.1 Å². The minimum atomic E-state index is -4.20. The first-order chi connectivity index (χ1) is 7.38. The molecule has 0 radical (unpaired) electrons. The Bertz CT molecular complexity index is 288. The Hall–Kier alpha value is -0.640. The second kappa shape index (κ2) is 6.84. The Kier molecular flexibility index (Phi) is 6.56. The van der Waals surface area contributed by atoms with E-state index in [0.717, 1.165) is 5.56 Å². The van der Waals surface area contributed by atoms with E-state index in [9.17, 15) is 13.2 Å². The van der Waals surface area contributed by atoms with Gasteiger partial charge in [-0.2, -0.15) is 13.2 Å². The van der Waals surface area contributed by atoms with Crippen LogP contribution in [-0.2, 0) is 0 Å². The highest BCUT2D eigenvalue weighted by Gasteiger charge is 2.28. The maximum Gasteiger partial charge on any atom is 0.446 e. The third-order valence-electron chi connectivity index (χ3n) is 1.78. The molecule has 1 rings (SSSR count). The smallest absolute Gasteiger partial charge is 0.160 e. The van der Waals surface area contributed by atoms with Crippen molar-refractivity contribution in [3.8, 4) is 0 Å². The number of thioether (sulfide) groups is 1. The lowest BCUT2D eigenvalue weighted by Crippen LogP contribution is -1.99. The molecule has 0 saturated carbocycles. The van der Waals surface area contributed by atoms with Gasteiger partial charge in [-0.15, -0.1) is 0 Å². The Morgan fingerprint density at radius 3 is 1.75 bits per heavy atom. The lowest BCUT2D eigenvalue weighted by molar-refractivity contribution is -0.0328. The van der Waals surface area contributed by atoms with Gasteiger partial charge in [0.1, 0.15) is 0 Å². The summed E-state index contributed by atoms with van der Waals surface area (Å²) in [7, 11) is 0. The molecule has 0 amide bonds. The lowest BCUT2D eigenvalue weighted by atomic mass is 10.0. The highest BCUT2D eigenvalue weighted by atomic mass is 32.2. The van der Waals surface area contributed by atoms with E-state index < -0.39 is 5.51 Å². The zero-order valence-corrected chi connectivity index (χ0v) is 10.7. The molecule has 0 spiro atoms. The summed E-state index contributed by atoms with van der Waals surface area (Å²) in [5, 5.41) is 0. The van der Waals surface area contributed by atoms with Crippen molar-refractivity contribution >= 4 is 11.8 Å². The second-order valence-electron chi connectivity index (χ2n) is 3.27. The summed E-state index contributed by atoms with van der Waals surface area (Å²) in [6.07, 6.45) is 0. The fraction of sp³-hybridized carbons (Fsp3) is 0.500. The Balaban J connectivity index is 0.00000106. The topological polar surface area (TPSA) is 0 Å². The van der Waals surface area contributed by atoms with E-state index in [1.165, 1.54) is 12.1 Å². The van der Waals surface area contributed by atoms with E-state index in [2.05, 4.69) is 0 Å². The number of hydrogen-bond acceptors (Lipinski definition) is 1. The summed E-state index contributed by atoms with van der Waals surface area (Å²) in [4.78, 5) is 0.238. The zero-order valence-electron chi connectivity index (χ0n) is 9.93. The second-order valence-corrected chi connectivity index (χ2v) is 4.41. The van der Waals surface area contributed by atoms with Gasteiger partial charge in [0.15, 0.2) is 0 Å². The third kappa shape index (κ3) is 6.05. The number of hydrogen-bond donors (Lipinski definition) is 0. The molecule has 0 fully saturated rings. The van der Waals surface area contributed by atoms with Gasteiger partial charge in [-0.3, -0.25) is 0 Å². The molecule has 4 heteroatoms. The maximum absolute atomic E-state index is 12.0. The van der Waals surface area contributed by atoms with Crippen LogP contribution in [0.4, 0.5) is 13.2 Å². The van der Waals surface area contributed by atoms with Crippen LogP contribution in [-0.4, -0.2) is 5.51 Å². The van der Waals surface area contributed by atoms with Crippen LogP contribution in [0.5, 0.6) is 0 Å². The van der Waals surface area contributed by atoms with E-state index in [4.69, 9.17) is 0 Å². The van der Waals surface area contributed by atoms with Crippen LogP contribution < -0.4 is 0 Å². The zero-order chi connectivity index (χ0) is 12.8. The molecule has 0 N–H and O–H groups in total. The van der Waals surface area contributed by atoms with Crippen molar-refractivity contribution in [3.63, 3.8) is 0 Å². The van der Waals surface area contributed by atoms with Gasteiger partial charge in [0.05, 0.1) is 0 Å². The van der Waals surface area contributed by atoms with Crippen LogP contribution in [0.1, 0.15) is 39.2 Å². The van der Waals surface area contributed by atoms with Crippen molar-refractivity contribution in [1.29, 1.82) is 0 Å². The summed E-state index contributed by atoms with van der Waals surface area (Å²) in [6.45, 7) is 8.01. The highest BCUT2D eigenvalue weighted by molar-refractivity contribution is 8.00. The quantitative estimate of drug-likeness (QED) is 0.629. The summed E-state index contributed by atoms with van der Waals surface area (Å²) in [6, 6.07) is 6.48. The standard InChI is InChI=1S/C10H11F3S.C2H6/c1-7(2)8-3-5-9(6-4-8)14-10(11,12)13;1-2/h3-7H,1-2H3;1-2H3. The molecule has 0 saturated heterocycles. The Morgan fingerprint density at radius 1 is 1.00 bits per heavy atom. The molecule has 0 aromatic heterocycles. The number of halogens is 3. The van der Waals surface area contributed by atoms with Crippen molar-refractivity contribution in [2.45, 2.75) is 44.0 Å². The van der Waals surface area contributed by atoms with Crippen LogP contribution in [0, 0.1) is 0 Å². The van der Waals surface area contributed by atoms with Crippen LogP contribution in [0.3, 0.4) is 0 Å². The molecule has 0 atom stereocenters. The monoisotopic (exact) mass is 250 g/mol. The van der Waals surface area contributed by atoms with Gasteiger partial charge in [0.2, 0.25) is 0 Å². The first-order valence-electron chi connectivity index (χ1n) is 5.24. The van der Waals surface area contributed by atoms with Gasteiger partial charge in [-0.05, 0) is 35.4 Å². The van der Waals surface area contributed by atoms with Crippen LogP contribution >= 0.6 is 11.8 Å². The molecule has 1 aromatic carbocycles. The lowest BCUT2D eigenvalue weighted by Gasteiger charge is -2.08. The van der Waals surface area contributed by atoms with Gasteiger partial charge in [0.25, 0.3) is 0 Å². The summed E-state index contributed by atoms with van der Waals surface area (Å²) in [5.41, 5.74) is -3.14. The minimum absolute atomic E-state index is 0.0788. The van der Waals surface area contributed by atoms with Crippen LogP contribution in [0.25, 0.3) is 0 Å². The van der Waals surface area contributed by atoms with Crippen molar-refractivity contribution in [2.24, 2.45) is 0 Å². The largest absolute Gasteiger partial charge is 0.446 e. The van der Waals surface area contributed by atoms with E-state index in [-0.39, 0.29) is 16.7 Å². The number of rotatable bonds is 2. The molecule has 0 aliphatic heterocycles. The van der Waals surface area contributed by atoms with Crippen LogP contribution in [0.15, 0.2) is 29.2 Å². The molecule has 0 aliphatic rings. The SMILES string of the molecule is CC.CC(C)c1ccc(SC(F)(F)F)cc1. The average molecular weight is 250 g/mol. The summed E-state index contributed by atoms with van der Waals surface area (Å²) >= 11 is -0.0788. The molecule has 0 aliphatic carbocycles. The molecule has 92 valence electrons. The molecular formula is C12H17F3S. The first-order valence-corrected chi connectivity index (χ1v) is 6.06. The van der Waals surface area contributed by atoms with Crippen molar-refractivity contribution < 1.29 is 13.2 Å². The Labute approximate surface area is 99.2 Å². The highest BCUT2D eigenvalue weighted by Crippen LogP contribution is 2.36. The number of benzene rings is 1. The fourth-order valence-corrected chi connectivity index (χ4v) is 1.59. The third-order valence-corrected chi connectivity index (χ3v) is 2.52. The molecule has 0 bridgehead atoms. The predicted molar refractivity (Wildman–Crippen MR) is 63.8 cm³/mol. The Morgan fingerprint density at radius 2 is 1.44 bits per heavy atom. The molecule has 1 aromatic rings. The van der Waals surface area contributed by atoms with Crippen molar-refractivity contribution in [2.75, 3.05) is 0 Å². The van der Waals surface area contributed by atoms with Crippen LogP contribution in [0.2, 0.25) is 0 Å². The van der Waals surface area contributed by atoms with Crippen molar-refractivity contribution in [1.82, 2.24) is 0 Å². The summed E-state index contributed by atoms with van der Waals surface area (Å²) < 4.78 is 35.9. The fourth-order valence-electron chi connectivity index (χ4n) is 1.05. The van der Waals surface area contributed by atoms with Crippen molar-refractivity contribution in [3.05, 3.63) is 29.8 Å². The van der Waals surface area contributed by atoms with E-state index in [0.29, 0.717) is 5.92 Å². The molecular weight excluding hydrogens is 233 g/mol. The molecule has 16 heavy (non-hydrogen) atoms. The van der Waals surface area contributed by atoms with Gasteiger partial charge in [-0.25, -0.2) is 0 Å².